The number of nitro benzene ring substituents is 1. The Bertz CT molecular complexity index is 486. The van der Waals surface area contributed by atoms with E-state index in [0.29, 0.717) is 5.01 Å². The van der Waals surface area contributed by atoms with Crippen molar-refractivity contribution in [2.75, 3.05) is 14.1 Å². The Balaban J connectivity index is 0.00000256. The molecule has 17 heavy (non-hydrogen) atoms. The van der Waals surface area contributed by atoms with Gasteiger partial charge in [0.2, 0.25) is 0 Å². The summed E-state index contributed by atoms with van der Waals surface area (Å²) >= 11 is 0. The molecule has 0 amide bonds. The van der Waals surface area contributed by atoms with Crippen molar-refractivity contribution in [3.8, 4) is 0 Å². The number of rotatable bonds is 4. The fourth-order valence-electron chi connectivity index (χ4n) is 1.07. The summed E-state index contributed by atoms with van der Waals surface area (Å²) in [7, 11) is -0.384. The number of nitro groups is 1. The Morgan fingerprint density at radius 2 is 1.71 bits per heavy atom. The fraction of sp³-hybridized carbons (Fsp3) is 0.250. The summed E-state index contributed by atoms with van der Waals surface area (Å²) in [5.41, 5.74) is -0.142. The van der Waals surface area contributed by atoms with Crippen molar-refractivity contribution in [1.29, 1.82) is 0 Å². The average Bonchev–Trinajstić information content (AvgIpc) is 2.16. The van der Waals surface area contributed by atoms with Gasteiger partial charge in [0.05, 0.1) is 23.9 Å². The summed E-state index contributed by atoms with van der Waals surface area (Å²) in [5, 5.41) is 10.9. The average molecular weight is 282 g/mol. The summed E-state index contributed by atoms with van der Waals surface area (Å²) < 4.78 is 23.2. The SMILES string of the molecule is C[NH+](C)NS(=O)(=O)c1ccc([N+](=O)[O-])cc1.[Cl-]. The maximum atomic E-state index is 11.6. The Kier molecular flexibility index (Phi) is 5.49. The first kappa shape index (κ1) is 15.8. The van der Waals surface area contributed by atoms with E-state index in [1.165, 1.54) is 12.1 Å². The molecule has 0 fully saturated rings. The van der Waals surface area contributed by atoms with Crippen LogP contribution in [0.5, 0.6) is 0 Å². The number of hydrogen-bond acceptors (Lipinski definition) is 4. The Morgan fingerprint density at radius 3 is 2.06 bits per heavy atom. The van der Waals surface area contributed by atoms with E-state index in [1.54, 1.807) is 14.1 Å². The predicted octanol–water partition coefficient (Wildman–Crippen LogP) is -4.06. The van der Waals surface area contributed by atoms with E-state index in [0.717, 1.165) is 12.1 Å². The minimum Gasteiger partial charge on any atom is -1.00 e. The molecule has 0 atom stereocenters. The van der Waals surface area contributed by atoms with Gasteiger partial charge in [-0.2, -0.15) is 0 Å². The second-order valence-electron chi connectivity index (χ2n) is 3.36. The molecule has 1 aromatic carbocycles. The third-order valence-electron chi connectivity index (χ3n) is 1.70. The number of halogens is 1. The van der Waals surface area contributed by atoms with Crippen LogP contribution in [0.15, 0.2) is 29.2 Å². The fourth-order valence-corrected chi connectivity index (χ4v) is 2.22. The van der Waals surface area contributed by atoms with Gasteiger partial charge in [-0.3, -0.25) is 10.1 Å². The molecule has 0 saturated heterocycles. The first-order chi connectivity index (χ1) is 7.33. The van der Waals surface area contributed by atoms with Gasteiger partial charge in [0.25, 0.3) is 15.7 Å². The Labute approximate surface area is 105 Å². The highest BCUT2D eigenvalue weighted by molar-refractivity contribution is 7.89. The molecule has 0 heterocycles. The molecule has 0 aliphatic heterocycles. The molecule has 1 aromatic rings. The highest BCUT2D eigenvalue weighted by Gasteiger charge is 2.18. The number of sulfonamides is 1. The number of quaternary nitrogens is 1. The van der Waals surface area contributed by atoms with Gasteiger partial charge in [-0.1, -0.05) is 4.83 Å². The second kappa shape index (κ2) is 5.92. The van der Waals surface area contributed by atoms with Gasteiger partial charge in [0.1, 0.15) is 0 Å². The maximum absolute atomic E-state index is 11.6. The predicted molar refractivity (Wildman–Crippen MR) is 56.2 cm³/mol. The van der Waals surface area contributed by atoms with Crippen molar-refractivity contribution in [1.82, 2.24) is 4.83 Å². The molecule has 0 spiro atoms. The van der Waals surface area contributed by atoms with Crippen LogP contribution in [0.2, 0.25) is 0 Å². The van der Waals surface area contributed by atoms with E-state index in [4.69, 9.17) is 0 Å². The summed E-state index contributed by atoms with van der Waals surface area (Å²) in [5.74, 6) is 0. The van der Waals surface area contributed by atoms with Crippen LogP contribution in [0, 0.1) is 10.1 Å². The molecule has 7 nitrogen and oxygen atoms in total. The van der Waals surface area contributed by atoms with Crippen LogP contribution < -0.4 is 22.2 Å². The molecule has 0 bridgehead atoms. The molecule has 0 radical (unpaired) electrons. The molecular formula is C8H12ClN3O4S. The third-order valence-corrected chi connectivity index (χ3v) is 3.27. The van der Waals surface area contributed by atoms with Crippen molar-refractivity contribution < 1.29 is 30.8 Å². The monoisotopic (exact) mass is 281 g/mol. The summed E-state index contributed by atoms with van der Waals surface area (Å²) in [4.78, 5) is 12.1. The zero-order chi connectivity index (χ0) is 12.3. The van der Waals surface area contributed by atoms with Crippen LogP contribution in [-0.4, -0.2) is 27.4 Å². The van der Waals surface area contributed by atoms with Crippen molar-refractivity contribution in [2.45, 2.75) is 4.90 Å². The molecule has 0 unspecified atom stereocenters. The number of benzene rings is 1. The lowest BCUT2D eigenvalue weighted by atomic mass is 10.3. The van der Waals surface area contributed by atoms with E-state index < -0.39 is 14.9 Å². The first-order valence-electron chi connectivity index (χ1n) is 4.40. The molecule has 0 aromatic heterocycles. The van der Waals surface area contributed by atoms with Crippen LogP contribution in [0.4, 0.5) is 5.69 Å². The van der Waals surface area contributed by atoms with Gasteiger partial charge in [0, 0.05) is 12.1 Å². The van der Waals surface area contributed by atoms with E-state index in [1.807, 2.05) is 0 Å². The van der Waals surface area contributed by atoms with Crippen molar-refractivity contribution in [2.24, 2.45) is 0 Å². The largest absolute Gasteiger partial charge is 1.00 e. The minimum atomic E-state index is -3.61. The molecule has 96 valence electrons. The van der Waals surface area contributed by atoms with Crippen LogP contribution >= 0.6 is 0 Å². The molecular weight excluding hydrogens is 270 g/mol. The van der Waals surface area contributed by atoms with Crippen molar-refractivity contribution in [3.05, 3.63) is 34.4 Å². The normalized spacial score (nSPS) is 11.0. The van der Waals surface area contributed by atoms with Crippen LogP contribution in [-0.2, 0) is 10.0 Å². The van der Waals surface area contributed by atoms with Crippen molar-refractivity contribution in [3.63, 3.8) is 0 Å². The number of nitrogens with one attached hydrogen (secondary N) is 2. The Hall–Kier alpha value is -1.22. The highest BCUT2D eigenvalue weighted by Crippen LogP contribution is 2.14. The number of nitrogens with zero attached hydrogens (tertiary/aromatic N) is 1. The van der Waals surface area contributed by atoms with Gasteiger partial charge < -0.3 is 12.4 Å². The molecule has 1 rings (SSSR count). The first-order valence-corrected chi connectivity index (χ1v) is 5.88. The number of hydrogen-bond donors (Lipinski definition) is 2. The summed E-state index contributed by atoms with van der Waals surface area (Å²) in [6, 6.07) is 4.70. The topological polar surface area (TPSA) is 93.8 Å². The van der Waals surface area contributed by atoms with Crippen molar-refractivity contribution >= 4 is 15.7 Å². The van der Waals surface area contributed by atoms with Crippen LogP contribution in [0.25, 0.3) is 0 Å². The van der Waals surface area contributed by atoms with Gasteiger partial charge in [0.15, 0.2) is 0 Å². The molecule has 9 heteroatoms. The van der Waals surface area contributed by atoms with Gasteiger partial charge >= 0.3 is 0 Å². The van der Waals surface area contributed by atoms with Gasteiger partial charge in [-0.05, 0) is 12.1 Å². The zero-order valence-electron chi connectivity index (χ0n) is 9.18. The lowest BCUT2D eigenvalue weighted by Crippen LogP contribution is -3.13. The van der Waals surface area contributed by atoms with Gasteiger partial charge in [-0.15, -0.1) is 0 Å². The van der Waals surface area contributed by atoms with E-state index >= 15 is 0 Å². The molecule has 0 aliphatic carbocycles. The second-order valence-corrected chi connectivity index (χ2v) is 5.04. The summed E-state index contributed by atoms with van der Waals surface area (Å²) in [6.07, 6.45) is 0. The maximum Gasteiger partial charge on any atom is 0.282 e. The zero-order valence-corrected chi connectivity index (χ0v) is 10.7. The van der Waals surface area contributed by atoms with Crippen LogP contribution in [0.3, 0.4) is 0 Å². The quantitative estimate of drug-likeness (QED) is 0.434. The lowest BCUT2D eigenvalue weighted by Gasteiger charge is -2.08. The standard InChI is InChI=1S/C8H11N3O4S.ClH/c1-10(2)9-16(14,15)8-5-3-7(4-6-8)11(12)13;/h3-6,9H,1-2H3;1H. The van der Waals surface area contributed by atoms with Gasteiger partial charge in [-0.25, -0.2) is 13.4 Å². The minimum absolute atomic E-state index is 0. The van der Waals surface area contributed by atoms with E-state index in [9.17, 15) is 18.5 Å². The molecule has 0 saturated carbocycles. The number of non-ortho nitro benzene ring substituents is 1. The highest BCUT2D eigenvalue weighted by atomic mass is 35.5. The molecule has 2 N–H and O–H groups in total. The molecule has 0 aliphatic rings. The van der Waals surface area contributed by atoms with Crippen LogP contribution in [0.1, 0.15) is 0 Å². The summed E-state index contributed by atoms with van der Waals surface area (Å²) in [6.45, 7) is 0. The lowest BCUT2D eigenvalue weighted by molar-refractivity contribution is -0.890. The Morgan fingerprint density at radius 1 is 1.24 bits per heavy atom. The van der Waals surface area contributed by atoms with E-state index in [2.05, 4.69) is 4.83 Å². The third kappa shape index (κ3) is 4.27. The van der Waals surface area contributed by atoms with E-state index in [-0.39, 0.29) is 23.0 Å². The smallest absolute Gasteiger partial charge is 0.282 e.